The minimum absolute atomic E-state index is 0.214. The summed E-state index contributed by atoms with van der Waals surface area (Å²) in [4.78, 5) is 21.9. The molecule has 0 unspecified atom stereocenters. The predicted octanol–water partition coefficient (Wildman–Crippen LogP) is 4.12. The number of nitrogens with zero attached hydrogens (tertiary/aromatic N) is 3. The van der Waals surface area contributed by atoms with Crippen molar-refractivity contribution in [3.63, 3.8) is 0 Å². The number of carbonyl (C=O) groups is 1. The molecule has 3 aromatic rings. The zero-order chi connectivity index (χ0) is 19.8. The number of rotatable bonds is 7. The average molecular weight is 378 g/mol. The highest BCUT2D eigenvalue weighted by Crippen LogP contribution is 2.20. The molecule has 2 aromatic carbocycles. The van der Waals surface area contributed by atoms with E-state index < -0.39 is 0 Å². The molecule has 1 heterocycles. The van der Waals surface area contributed by atoms with Gasteiger partial charge in [0.05, 0.1) is 6.54 Å². The Bertz CT molecular complexity index is 901. The highest BCUT2D eigenvalue weighted by molar-refractivity contribution is 5.89. The fraction of sp³-hybridized carbons (Fsp3) is 0.190. The summed E-state index contributed by atoms with van der Waals surface area (Å²) in [5.74, 6) is 1.42. The second-order valence-corrected chi connectivity index (χ2v) is 6.12. The van der Waals surface area contributed by atoms with Crippen LogP contribution in [0.2, 0.25) is 0 Å². The number of urea groups is 1. The van der Waals surface area contributed by atoms with E-state index in [4.69, 9.17) is 9.47 Å². The van der Waals surface area contributed by atoms with Crippen LogP contribution in [0.5, 0.6) is 17.5 Å². The molecule has 0 saturated carbocycles. The fourth-order valence-corrected chi connectivity index (χ4v) is 2.38. The van der Waals surface area contributed by atoms with Gasteiger partial charge in [-0.15, -0.1) is 0 Å². The quantitative estimate of drug-likeness (QED) is 0.669. The highest BCUT2D eigenvalue weighted by Gasteiger charge is 2.09. The Labute approximate surface area is 164 Å². The Kier molecular flexibility index (Phi) is 6.41. The Morgan fingerprint density at radius 3 is 2.46 bits per heavy atom. The van der Waals surface area contributed by atoms with Gasteiger partial charge in [0.25, 0.3) is 0 Å². The van der Waals surface area contributed by atoms with Crippen LogP contribution >= 0.6 is 0 Å². The smallest absolute Gasteiger partial charge is 0.321 e. The molecule has 0 spiro atoms. The average Bonchev–Trinajstić information content (AvgIpc) is 2.71. The number of nitrogens with one attached hydrogen (secondary N) is 1. The molecule has 7 heteroatoms. The lowest BCUT2D eigenvalue weighted by Crippen LogP contribution is -2.34. The van der Waals surface area contributed by atoms with Gasteiger partial charge in [0.2, 0.25) is 0 Å². The van der Waals surface area contributed by atoms with Gasteiger partial charge in [0.15, 0.2) is 0 Å². The van der Waals surface area contributed by atoms with Crippen molar-refractivity contribution in [3.8, 4) is 17.5 Å². The number of hydrogen-bond acceptors (Lipinski definition) is 5. The Hall–Kier alpha value is -3.61. The van der Waals surface area contributed by atoms with Crippen LogP contribution in [-0.4, -0.2) is 41.1 Å². The van der Waals surface area contributed by atoms with Crippen LogP contribution in [0.3, 0.4) is 0 Å². The zero-order valence-corrected chi connectivity index (χ0v) is 15.8. The Morgan fingerprint density at radius 2 is 1.75 bits per heavy atom. The first-order valence-corrected chi connectivity index (χ1v) is 8.87. The van der Waals surface area contributed by atoms with Gasteiger partial charge in [0.1, 0.15) is 18.1 Å². The van der Waals surface area contributed by atoms with E-state index in [0.717, 1.165) is 11.3 Å². The van der Waals surface area contributed by atoms with Crippen LogP contribution in [0, 0.1) is 6.92 Å². The molecule has 0 aliphatic rings. The van der Waals surface area contributed by atoms with Gasteiger partial charge in [-0.25, -0.2) is 14.8 Å². The van der Waals surface area contributed by atoms with Crippen molar-refractivity contribution in [1.82, 2.24) is 14.9 Å². The van der Waals surface area contributed by atoms with E-state index >= 15 is 0 Å². The molecule has 2 amide bonds. The number of anilines is 1. The summed E-state index contributed by atoms with van der Waals surface area (Å²) in [5, 5.41) is 2.84. The maximum absolute atomic E-state index is 12.3. The van der Waals surface area contributed by atoms with Gasteiger partial charge >= 0.3 is 12.0 Å². The molecule has 0 aliphatic heterocycles. The summed E-state index contributed by atoms with van der Waals surface area (Å²) in [6, 6.07) is 16.6. The summed E-state index contributed by atoms with van der Waals surface area (Å²) in [6.07, 6.45) is 3.21. The summed E-state index contributed by atoms with van der Waals surface area (Å²) >= 11 is 0. The number of amides is 2. The summed E-state index contributed by atoms with van der Waals surface area (Å²) in [7, 11) is 1.72. The van der Waals surface area contributed by atoms with E-state index in [-0.39, 0.29) is 12.0 Å². The van der Waals surface area contributed by atoms with Crippen LogP contribution in [0.1, 0.15) is 5.56 Å². The van der Waals surface area contributed by atoms with Crippen LogP contribution in [0.15, 0.2) is 67.0 Å². The van der Waals surface area contributed by atoms with Crippen molar-refractivity contribution < 1.29 is 14.3 Å². The summed E-state index contributed by atoms with van der Waals surface area (Å²) in [6.45, 7) is 2.87. The van der Waals surface area contributed by atoms with Gasteiger partial charge in [0, 0.05) is 25.1 Å². The molecule has 0 bridgehead atoms. The van der Waals surface area contributed by atoms with Crippen molar-refractivity contribution in [3.05, 3.63) is 72.6 Å². The fourth-order valence-electron chi connectivity index (χ4n) is 2.38. The number of benzene rings is 2. The van der Waals surface area contributed by atoms with Crippen LogP contribution in [-0.2, 0) is 0 Å². The van der Waals surface area contributed by atoms with Gasteiger partial charge in [-0.05, 0) is 48.9 Å². The SMILES string of the molecule is Cc1ccccc1OCCN(C)C(=O)Nc1ccc(Oc2ncccn2)cc1. The number of likely N-dealkylation sites (N-methyl/N-ethyl adjacent to an activating group) is 1. The number of hydrogen-bond donors (Lipinski definition) is 1. The maximum Gasteiger partial charge on any atom is 0.321 e. The molecule has 1 N–H and O–H groups in total. The molecule has 1 aromatic heterocycles. The summed E-state index contributed by atoms with van der Waals surface area (Å²) < 4.78 is 11.3. The molecule has 0 aliphatic carbocycles. The number of aryl methyl sites for hydroxylation is 1. The second kappa shape index (κ2) is 9.36. The Balaban J connectivity index is 1.46. The largest absolute Gasteiger partial charge is 0.491 e. The molecule has 0 saturated heterocycles. The first-order chi connectivity index (χ1) is 13.6. The van der Waals surface area contributed by atoms with Gasteiger partial charge in [-0.3, -0.25) is 0 Å². The standard InChI is InChI=1S/C21H22N4O3/c1-16-6-3-4-7-19(16)27-15-14-25(2)21(26)24-17-8-10-18(11-9-17)28-20-22-12-5-13-23-20/h3-13H,14-15H2,1-2H3,(H,24,26). The third-order valence-corrected chi connectivity index (χ3v) is 3.98. The van der Waals surface area contributed by atoms with Crippen molar-refractivity contribution in [1.29, 1.82) is 0 Å². The van der Waals surface area contributed by atoms with E-state index in [1.165, 1.54) is 0 Å². The molecular weight excluding hydrogens is 356 g/mol. The van der Waals surface area contributed by atoms with E-state index in [1.807, 2.05) is 31.2 Å². The molecular formula is C21H22N4O3. The van der Waals surface area contributed by atoms with Crippen LogP contribution < -0.4 is 14.8 Å². The molecule has 3 rings (SSSR count). The predicted molar refractivity (Wildman–Crippen MR) is 107 cm³/mol. The van der Waals surface area contributed by atoms with Gasteiger partial charge in [-0.1, -0.05) is 18.2 Å². The molecule has 28 heavy (non-hydrogen) atoms. The third-order valence-electron chi connectivity index (χ3n) is 3.98. The van der Waals surface area contributed by atoms with Crippen LogP contribution in [0.25, 0.3) is 0 Å². The lowest BCUT2D eigenvalue weighted by molar-refractivity contribution is 0.207. The first kappa shape index (κ1) is 19.2. The molecule has 7 nitrogen and oxygen atoms in total. The third kappa shape index (κ3) is 5.44. The molecule has 0 atom stereocenters. The minimum Gasteiger partial charge on any atom is -0.491 e. The van der Waals surface area contributed by atoms with Crippen molar-refractivity contribution in [2.45, 2.75) is 6.92 Å². The molecule has 0 fully saturated rings. The lowest BCUT2D eigenvalue weighted by atomic mass is 10.2. The Morgan fingerprint density at radius 1 is 1.04 bits per heavy atom. The topological polar surface area (TPSA) is 76.6 Å². The zero-order valence-electron chi connectivity index (χ0n) is 15.8. The second-order valence-electron chi connectivity index (χ2n) is 6.12. The minimum atomic E-state index is -0.214. The van der Waals surface area contributed by atoms with Gasteiger partial charge < -0.3 is 19.7 Å². The number of carbonyl (C=O) groups excluding carboxylic acids is 1. The first-order valence-electron chi connectivity index (χ1n) is 8.87. The van der Waals surface area contributed by atoms with E-state index in [1.54, 1.807) is 54.7 Å². The number of ether oxygens (including phenoxy) is 2. The lowest BCUT2D eigenvalue weighted by Gasteiger charge is -2.18. The molecule has 0 radical (unpaired) electrons. The van der Waals surface area contributed by atoms with E-state index in [0.29, 0.717) is 24.6 Å². The number of aromatic nitrogens is 2. The molecule has 144 valence electrons. The van der Waals surface area contributed by atoms with Gasteiger partial charge in [-0.2, -0.15) is 0 Å². The summed E-state index contributed by atoms with van der Waals surface area (Å²) in [5.41, 5.74) is 1.73. The van der Waals surface area contributed by atoms with Crippen molar-refractivity contribution in [2.24, 2.45) is 0 Å². The van der Waals surface area contributed by atoms with Crippen molar-refractivity contribution in [2.75, 3.05) is 25.5 Å². The highest BCUT2D eigenvalue weighted by atomic mass is 16.5. The van der Waals surface area contributed by atoms with E-state index in [9.17, 15) is 4.79 Å². The van der Waals surface area contributed by atoms with Crippen molar-refractivity contribution >= 4 is 11.7 Å². The normalized spacial score (nSPS) is 10.2. The monoisotopic (exact) mass is 378 g/mol. The number of para-hydroxylation sites is 1. The van der Waals surface area contributed by atoms with Crippen LogP contribution in [0.4, 0.5) is 10.5 Å². The maximum atomic E-state index is 12.3. The van der Waals surface area contributed by atoms with E-state index in [2.05, 4.69) is 15.3 Å².